The zero-order valence-corrected chi connectivity index (χ0v) is 17.2. The molecule has 0 bridgehead atoms. The quantitative estimate of drug-likeness (QED) is 0.286. The van der Waals surface area contributed by atoms with Crippen LogP contribution in [-0.4, -0.2) is 23.7 Å². The number of unbranched alkanes of at least 4 members (excludes halogenated alkanes) is 3. The maximum Gasteiger partial charge on any atom is 0.343 e. The predicted molar refractivity (Wildman–Crippen MR) is 107 cm³/mol. The summed E-state index contributed by atoms with van der Waals surface area (Å²) >= 11 is 9.18. The average molecular weight is 456 g/mol. The van der Waals surface area contributed by atoms with Gasteiger partial charge in [-0.15, -0.1) is 0 Å². The molecule has 0 aliphatic rings. The topological polar surface area (TPSA) is 72.8 Å². The number of aromatic carboxylic acids is 1. The first kappa shape index (κ1) is 21.3. The van der Waals surface area contributed by atoms with Crippen LogP contribution in [0.3, 0.4) is 0 Å². The molecule has 144 valence electrons. The molecule has 1 N–H and O–H groups in total. The Hall–Kier alpha value is -2.05. The van der Waals surface area contributed by atoms with E-state index in [1.807, 2.05) is 0 Å². The van der Waals surface area contributed by atoms with Crippen LogP contribution in [0.15, 0.2) is 40.9 Å². The van der Waals surface area contributed by atoms with Gasteiger partial charge >= 0.3 is 11.9 Å². The summed E-state index contributed by atoms with van der Waals surface area (Å²) in [7, 11) is 0. The standard InChI is InChI=1S/C20H20BrClO5/c1-2-3-4-5-10-26-18-8-6-13(11-16(18)21)20(25)27-17-9-7-14(22)12-15(17)19(23)24/h6-9,11-12H,2-5,10H2,1H3,(H,23,24). The fourth-order valence-electron chi connectivity index (χ4n) is 2.37. The third kappa shape index (κ3) is 6.26. The summed E-state index contributed by atoms with van der Waals surface area (Å²) in [6.45, 7) is 2.76. The Bertz CT molecular complexity index is 822. The molecule has 2 rings (SSSR count). The average Bonchev–Trinajstić information content (AvgIpc) is 2.63. The van der Waals surface area contributed by atoms with E-state index in [-0.39, 0.29) is 21.9 Å². The molecule has 27 heavy (non-hydrogen) atoms. The minimum Gasteiger partial charge on any atom is -0.492 e. The van der Waals surface area contributed by atoms with Crippen molar-refractivity contribution in [3.05, 3.63) is 57.0 Å². The summed E-state index contributed by atoms with van der Waals surface area (Å²) < 4.78 is 11.6. The second-order valence-corrected chi connectivity index (χ2v) is 7.18. The van der Waals surface area contributed by atoms with Gasteiger partial charge in [-0.1, -0.05) is 37.8 Å². The second-order valence-electron chi connectivity index (χ2n) is 5.89. The van der Waals surface area contributed by atoms with Gasteiger partial charge in [0.15, 0.2) is 0 Å². The molecule has 7 heteroatoms. The van der Waals surface area contributed by atoms with Gasteiger partial charge in [0.05, 0.1) is 16.6 Å². The Morgan fingerprint density at radius 1 is 1.07 bits per heavy atom. The van der Waals surface area contributed by atoms with E-state index in [9.17, 15) is 14.7 Å². The number of esters is 1. The summed E-state index contributed by atoms with van der Waals surface area (Å²) in [5.74, 6) is -1.33. The van der Waals surface area contributed by atoms with E-state index in [1.54, 1.807) is 18.2 Å². The van der Waals surface area contributed by atoms with E-state index < -0.39 is 11.9 Å². The summed E-state index contributed by atoms with van der Waals surface area (Å²) in [4.78, 5) is 23.6. The number of hydrogen-bond donors (Lipinski definition) is 1. The molecule has 0 atom stereocenters. The largest absolute Gasteiger partial charge is 0.492 e. The van der Waals surface area contributed by atoms with E-state index in [1.165, 1.54) is 24.6 Å². The van der Waals surface area contributed by atoms with Crippen molar-refractivity contribution < 1.29 is 24.2 Å². The number of carboxylic acids is 1. The lowest BCUT2D eigenvalue weighted by Gasteiger charge is -2.11. The van der Waals surface area contributed by atoms with E-state index >= 15 is 0 Å². The Kier molecular flexibility index (Phi) is 8.13. The van der Waals surface area contributed by atoms with Crippen LogP contribution in [0.2, 0.25) is 5.02 Å². The highest BCUT2D eigenvalue weighted by molar-refractivity contribution is 9.10. The molecule has 0 aliphatic heterocycles. The highest BCUT2D eigenvalue weighted by Gasteiger charge is 2.17. The third-order valence-corrected chi connectivity index (χ3v) is 4.65. The van der Waals surface area contributed by atoms with Gasteiger partial charge in [-0.25, -0.2) is 9.59 Å². The maximum atomic E-state index is 12.4. The molecule has 0 unspecified atom stereocenters. The Balaban J connectivity index is 2.05. The van der Waals surface area contributed by atoms with Gasteiger partial charge in [-0.05, 0) is 58.7 Å². The number of rotatable bonds is 9. The van der Waals surface area contributed by atoms with Crippen LogP contribution >= 0.6 is 27.5 Å². The normalized spacial score (nSPS) is 10.5. The first-order chi connectivity index (χ1) is 12.9. The van der Waals surface area contributed by atoms with Gasteiger partial charge in [0.25, 0.3) is 0 Å². The molecule has 0 heterocycles. The number of ether oxygens (including phenoxy) is 2. The molecular formula is C20H20BrClO5. The molecule has 2 aromatic carbocycles. The Morgan fingerprint density at radius 3 is 2.48 bits per heavy atom. The second kappa shape index (κ2) is 10.3. The van der Waals surface area contributed by atoms with Gasteiger partial charge in [0.2, 0.25) is 0 Å². The summed E-state index contributed by atoms with van der Waals surface area (Å²) in [5.41, 5.74) is 0.0912. The molecule has 0 aliphatic carbocycles. The molecule has 2 aromatic rings. The van der Waals surface area contributed by atoms with Crippen LogP contribution in [-0.2, 0) is 0 Å². The Morgan fingerprint density at radius 2 is 1.81 bits per heavy atom. The van der Waals surface area contributed by atoms with E-state index in [0.717, 1.165) is 19.3 Å². The highest BCUT2D eigenvalue weighted by Crippen LogP contribution is 2.28. The number of halogens is 2. The van der Waals surface area contributed by atoms with Crippen molar-refractivity contribution >= 4 is 39.5 Å². The summed E-state index contributed by atoms with van der Waals surface area (Å²) in [6, 6.07) is 8.89. The molecule has 0 spiro atoms. The van der Waals surface area contributed by atoms with Crippen LogP contribution in [0.25, 0.3) is 0 Å². The van der Waals surface area contributed by atoms with Gasteiger partial charge in [0.1, 0.15) is 17.1 Å². The van der Waals surface area contributed by atoms with Crippen molar-refractivity contribution in [2.75, 3.05) is 6.61 Å². The fourth-order valence-corrected chi connectivity index (χ4v) is 3.04. The van der Waals surface area contributed by atoms with Crippen molar-refractivity contribution in [1.29, 1.82) is 0 Å². The zero-order chi connectivity index (χ0) is 19.8. The zero-order valence-electron chi connectivity index (χ0n) is 14.8. The highest BCUT2D eigenvalue weighted by atomic mass is 79.9. The molecule has 0 saturated carbocycles. The van der Waals surface area contributed by atoms with Crippen molar-refractivity contribution in [2.24, 2.45) is 0 Å². The maximum absolute atomic E-state index is 12.4. The first-order valence-electron chi connectivity index (χ1n) is 8.59. The van der Waals surface area contributed by atoms with Crippen LogP contribution in [0.4, 0.5) is 0 Å². The summed E-state index contributed by atoms with van der Waals surface area (Å²) in [5, 5.41) is 9.46. The molecule has 0 saturated heterocycles. The molecule has 5 nitrogen and oxygen atoms in total. The lowest BCUT2D eigenvalue weighted by atomic mass is 10.2. The first-order valence-corrected chi connectivity index (χ1v) is 9.77. The smallest absolute Gasteiger partial charge is 0.343 e. The Labute approximate surface area is 171 Å². The number of hydrogen-bond acceptors (Lipinski definition) is 4. The lowest BCUT2D eigenvalue weighted by molar-refractivity contribution is 0.0681. The third-order valence-electron chi connectivity index (χ3n) is 3.80. The van der Waals surface area contributed by atoms with Crippen molar-refractivity contribution in [3.63, 3.8) is 0 Å². The number of carboxylic acid groups (broad SMARTS) is 1. The number of benzene rings is 2. The van der Waals surface area contributed by atoms with Gasteiger partial charge in [-0.3, -0.25) is 0 Å². The van der Waals surface area contributed by atoms with Gasteiger partial charge in [0, 0.05) is 5.02 Å². The number of carbonyl (C=O) groups is 2. The van der Waals surface area contributed by atoms with Gasteiger partial charge in [-0.2, -0.15) is 0 Å². The fraction of sp³-hybridized carbons (Fsp3) is 0.300. The SMILES string of the molecule is CCCCCCOc1ccc(C(=O)Oc2ccc(Cl)cc2C(=O)O)cc1Br. The molecule has 0 fully saturated rings. The van der Waals surface area contributed by atoms with Gasteiger partial charge < -0.3 is 14.6 Å². The molecule has 0 radical (unpaired) electrons. The summed E-state index contributed by atoms with van der Waals surface area (Å²) in [6.07, 6.45) is 4.43. The predicted octanol–water partition coefficient (Wildman–Crippen LogP) is 5.98. The lowest BCUT2D eigenvalue weighted by Crippen LogP contribution is -2.11. The van der Waals surface area contributed by atoms with Crippen LogP contribution < -0.4 is 9.47 Å². The van der Waals surface area contributed by atoms with E-state index in [4.69, 9.17) is 21.1 Å². The minimum atomic E-state index is -1.23. The van der Waals surface area contributed by atoms with Crippen LogP contribution in [0.1, 0.15) is 53.3 Å². The van der Waals surface area contributed by atoms with Crippen molar-refractivity contribution in [3.8, 4) is 11.5 Å². The van der Waals surface area contributed by atoms with Crippen LogP contribution in [0.5, 0.6) is 11.5 Å². The monoisotopic (exact) mass is 454 g/mol. The minimum absolute atomic E-state index is 0.0655. The molecular weight excluding hydrogens is 436 g/mol. The molecule has 0 aromatic heterocycles. The number of carbonyl (C=O) groups excluding carboxylic acids is 1. The van der Waals surface area contributed by atoms with Crippen molar-refractivity contribution in [2.45, 2.75) is 32.6 Å². The van der Waals surface area contributed by atoms with Crippen LogP contribution in [0, 0.1) is 0 Å². The molecule has 0 amide bonds. The van der Waals surface area contributed by atoms with E-state index in [0.29, 0.717) is 16.8 Å². The van der Waals surface area contributed by atoms with E-state index in [2.05, 4.69) is 22.9 Å². The van der Waals surface area contributed by atoms with Crippen molar-refractivity contribution in [1.82, 2.24) is 0 Å².